The van der Waals surface area contributed by atoms with Crippen molar-refractivity contribution in [3.63, 3.8) is 0 Å². The molecule has 4 aromatic rings. The van der Waals surface area contributed by atoms with E-state index in [1.54, 1.807) is 31.5 Å². The average molecular weight is 398 g/mol. The maximum atomic E-state index is 12.9. The van der Waals surface area contributed by atoms with Gasteiger partial charge in [0, 0.05) is 23.3 Å². The minimum atomic E-state index is -0.454. The summed E-state index contributed by atoms with van der Waals surface area (Å²) in [6.07, 6.45) is 2.99. The van der Waals surface area contributed by atoms with Gasteiger partial charge in [-0.25, -0.2) is 4.98 Å². The van der Waals surface area contributed by atoms with Crippen LogP contribution >= 0.6 is 0 Å². The van der Waals surface area contributed by atoms with E-state index in [9.17, 15) is 9.59 Å². The number of benzene rings is 2. The highest BCUT2D eigenvalue weighted by atomic mass is 16.5. The van der Waals surface area contributed by atoms with Gasteiger partial charge in [-0.1, -0.05) is 18.2 Å². The van der Waals surface area contributed by atoms with Crippen molar-refractivity contribution in [2.75, 3.05) is 7.11 Å². The summed E-state index contributed by atoms with van der Waals surface area (Å²) in [5.41, 5.74) is 7.79. The summed E-state index contributed by atoms with van der Waals surface area (Å²) in [6, 6.07) is 19.7. The molecular weight excluding hydrogens is 380 g/mol. The number of methoxy groups -OCH3 is 1. The fraction of sp³-hybridized carbons (Fsp3) is 0.0435. The van der Waals surface area contributed by atoms with Gasteiger partial charge in [0.2, 0.25) is 0 Å². The highest BCUT2D eigenvalue weighted by molar-refractivity contribution is 6.08. The Hall–Kier alpha value is -4.26. The highest BCUT2D eigenvalue weighted by Crippen LogP contribution is 2.26. The number of aromatic nitrogens is 2. The van der Waals surface area contributed by atoms with Gasteiger partial charge in [-0.2, -0.15) is 0 Å². The number of pyridine rings is 2. The van der Waals surface area contributed by atoms with Gasteiger partial charge >= 0.3 is 0 Å². The predicted molar refractivity (Wildman–Crippen MR) is 113 cm³/mol. The summed E-state index contributed by atoms with van der Waals surface area (Å²) in [6.45, 7) is 0. The summed E-state index contributed by atoms with van der Waals surface area (Å²) in [7, 11) is 1.60. The van der Waals surface area contributed by atoms with E-state index >= 15 is 0 Å². The Balaban J connectivity index is 1.64. The Kier molecular flexibility index (Phi) is 5.34. The van der Waals surface area contributed by atoms with Gasteiger partial charge in [-0.3, -0.25) is 25.4 Å². The lowest BCUT2D eigenvalue weighted by molar-refractivity contribution is 0.0847. The van der Waals surface area contributed by atoms with Crippen molar-refractivity contribution in [1.29, 1.82) is 0 Å². The van der Waals surface area contributed by atoms with Crippen molar-refractivity contribution in [2.45, 2.75) is 0 Å². The third-order valence-corrected chi connectivity index (χ3v) is 4.56. The van der Waals surface area contributed by atoms with Crippen LogP contribution in [-0.2, 0) is 0 Å². The number of carbonyl (C=O) groups excluding carboxylic acids is 2. The predicted octanol–water partition coefficient (Wildman–Crippen LogP) is 3.38. The van der Waals surface area contributed by atoms with Crippen LogP contribution in [0.3, 0.4) is 0 Å². The summed E-state index contributed by atoms with van der Waals surface area (Å²) in [5, 5.41) is 0.683. The van der Waals surface area contributed by atoms with E-state index in [4.69, 9.17) is 4.74 Å². The number of ether oxygens (including phenoxy) is 1. The molecule has 148 valence electrons. The monoisotopic (exact) mass is 398 g/mol. The molecular formula is C23H18N4O3. The number of nitrogens with one attached hydrogen (secondary N) is 2. The molecule has 0 fully saturated rings. The first-order valence-electron chi connectivity index (χ1n) is 9.20. The molecule has 0 saturated carbocycles. The van der Waals surface area contributed by atoms with Gasteiger partial charge in [-0.15, -0.1) is 0 Å². The van der Waals surface area contributed by atoms with Crippen LogP contribution in [0.4, 0.5) is 0 Å². The first-order chi connectivity index (χ1) is 14.7. The Bertz CT molecular complexity index is 1210. The molecule has 0 aliphatic heterocycles. The lowest BCUT2D eigenvalue weighted by Gasteiger charge is -2.11. The third kappa shape index (κ3) is 3.95. The van der Waals surface area contributed by atoms with Gasteiger partial charge in [0.1, 0.15) is 5.75 Å². The largest absolute Gasteiger partial charge is 0.497 e. The molecule has 0 aliphatic rings. The number of nitrogens with zero attached hydrogens (tertiary/aromatic N) is 2. The van der Waals surface area contributed by atoms with E-state index in [-0.39, 0.29) is 0 Å². The normalized spacial score (nSPS) is 10.4. The molecule has 0 aliphatic carbocycles. The number of hydrogen-bond acceptors (Lipinski definition) is 5. The fourth-order valence-electron chi connectivity index (χ4n) is 3.02. The number of carbonyl (C=O) groups is 2. The van der Waals surface area contributed by atoms with Crippen LogP contribution < -0.4 is 15.6 Å². The van der Waals surface area contributed by atoms with E-state index in [1.165, 1.54) is 6.20 Å². The molecule has 0 saturated heterocycles. The smallest absolute Gasteiger partial charge is 0.271 e. The van der Waals surface area contributed by atoms with E-state index in [1.807, 2.05) is 48.5 Å². The second-order valence-electron chi connectivity index (χ2n) is 6.45. The van der Waals surface area contributed by atoms with Gasteiger partial charge in [0.15, 0.2) is 0 Å². The number of hydrazine groups is 1. The van der Waals surface area contributed by atoms with E-state index in [0.29, 0.717) is 27.7 Å². The molecule has 0 spiro atoms. The second-order valence-corrected chi connectivity index (χ2v) is 6.45. The van der Waals surface area contributed by atoms with Gasteiger partial charge in [0.05, 0.1) is 29.4 Å². The number of amides is 2. The molecule has 2 heterocycles. The topological polar surface area (TPSA) is 93.2 Å². The van der Waals surface area contributed by atoms with Crippen LogP contribution in [0.5, 0.6) is 5.75 Å². The molecule has 2 aromatic heterocycles. The Labute approximate surface area is 172 Å². The maximum absolute atomic E-state index is 12.9. The average Bonchev–Trinajstić information content (AvgIpc) is 2.82. The van der Waals surface area contributed by atoms with E-state index in [0.717, 1.165) is 11.3 Å². The van der Waals surface area contributed by atoms with Crippen molar-refractivity contribution in [2.24, 2.45) is 0 Å². The Morgan fingerprint density at radius 3 is 2.40 bits per heavy atom. The zero-order chi connectivity index (χ0) is 20.9. The zero-order valence-electron chi connectivity index (χ0n) is 16.1. The molecule has 30 heavy (non-hydrogen) atoms. The number of rotatable bonds is 4. The molecule has 0 unspecified atom stereocenters. The van der Waals surface area contributed by atoms with Crippen molar-refractivity contribution < 1.29 is 14.3 Å². The molecule has 2 N–H and O–H groups in total. The Morgan fingerprint density at radius 2 is 1.67 bits per heavy atom. The molecule has 2 amide bonds. The van der Waals surface area contributed by atoms with Crippen molar-refractivity contribution >= 4 is 22.7 Å². The quantitative estimate of drug-likeness (QED) is 0.514. The molecule has 4 rings (SSSR count). The van der Waals surface area contributed by atoms with Gasteiger partial charge in [0.25, 0.3) is 11.8 Å². The highest BCUT2D eigenvalue weighted by Gasteiger charge is 2.15. The summed E-state index contributed by atoms with van der Waals surface area (Å²) in [4.78, 5) is 33.7. The molecule has 2 aromatic carbocycles. The van der Waals surface area contributed by atoms with E-state index < -0.39 is 11.8 Å². The van der Waals surface area contributed by atoms with E-state index in [2.05, 4.69) is 20.8 Å². The molecule has 0 radical (unpaired) electrons. The number of para-hydroxylation sites is 1. The lowest BCUT2D eigenvalue weighted by atomic mass is 10.0. The standard InChI is InChI=1S/C23H18N4O3/c1-30-17-10-8-15(9-11-17)21-13-19(18-6-2-3-7-20(18)25-21)23(29)27-26-22(28)16-5-4-12-24-14-16/h2-14H,1H3,(H,26,28)(H,27,29). The first kappa shape index (κ1) is 19.1. The first-order valence-corrected chi connectivity index (χ1v) is 9.20. The molecule has 7 nitrogen and oxygen atoms in total. The summed E-state index contributed by atoms with van der Waals surface area (Å²) >= 11 is 0. The van der Waals surface area contributed by atoms with Crippen LogP contribution in [0.25, 0.3) is 22.2 Å². The number of fused-ring (bicyclic) bond motifs is 1. The summed E-state index contributed by atoms with van der Waals surface area (Å²) < 4.78 is 5.20. The lowest BCUT2D eigenvalue weighted by Crippen LogP contribution is -2.41. The molecule has 0 bridgehead atoms. The van der Waals surface area contributed by atoms with Crippen LogP contribution in [0, 0.1) is 0 Å². The van der Waals surface area contributed by atoms with Gasteiger partial charge in [-0.05, 0) is 48.5 Å². The number of hydrogen-bond donors (Lipinski definition) is 2. The second kappa shape index (κ2) is 8.40. The zero-order valence-corrected chi connectivity index (χ0v) is 16.1. The van der Waals surface area contributed by atoms with Crippen molar-refractivity contribution in [1.82, 2.24) is 20.8 Å². The Morgan fingerprint density at radius 1 is 0.900 bits per heavy atom. The van der Waals surface area contributed by atoms with Crippen molar-refractivity contribution in [3.05, 3.63) is 90.3 Å². The van der Waals surface area contributed by atoms with Crippen LogP contribution in [-0.4, -0.2) is 28.9 Å². The fourth-order valence-corrected chi connectivity index (χ4v) is 3.02. The van der Waals surface area contributed by atoms with Gasteiger partial charge < -0.3 is 4.74 Å². The SMILES string of the molecule is COc1ccc(-c2cc(C(=O)NNC(=O)c3cccnc3)c3ccccc3n2)cc1. The minimum absolute atomic E-state index is 0.344. The van der Waals surface area contributed by atoms with Crippen LogP contribution in [0.15, 0.2) is 79.1 Å². The minimum Gasteiger partial charge on any atom is -0.497 e. The van der Waals surface area contributed by atoms with Crippen LogP contribution in [0.2, 0.25) is 0 Å². The van der Waals surface area contributed by atoms with Crippen LogP contribution in [0.1, 0.15) is 20.7 Å². The molecule has 0 atom stereocenters. The summed E-state index contributed by atoms with van der Waals surface area (Å²) in [5.74, 6) is -0.165. The maximum Gasteiger partial charge on any atom is 0.271 e. The van der Waals surface area contributed by atoms with Crippen molar-refractivity contribution in [3.8, 4) is 17.0 Å². The third-order valence-electron chi connectivity index (χ3n) is 4.56. The molecule has 7 heteroatoms.